The third-order valence-electron chi connectivity index (χ3n) is 3.35. The number of ether oxygens (including phenoxy) is 1. The van der Waals surface area contributed by atoms with E-state index in [0.29, 0.717) is 22.7 Å². The lowest BCUT2D eigenvalue weighted by molar-refractivity contribution is 0.0601. The monoisotopic (exact) mass is 316 g/mol. The Morgan fingerprint density at radius 2 is 2.14 bits per heavy atom. The number of phenolic OH excluding ortho intramolecular Hbond substituents is 1. The van der Waals surface area contributed by atoms with Gasteiger partial charge >= 0.3 is 5.97 Å². The molecule has 3 rings (SSSR count). The normalized spacial score (nSPS) is 10.8. The molecule has 0 spiro atoms. The van der Waals surface area contributed by atoms with Crippen LogP contribution in [0.15, 0.2) is 42.6 Å². The van der Waals surface area contributed by atoms with E-state index >= 15 is 0 Å². The summed E-state index contributed by atoms with van der Waals surface area (Å²) in [5.74, 6) is -0.221. The van der Waals surface area contributed by atoms with Crippen LogP contribution in [0.25, 0.3) is 10.9 Å². The maximum absolute atomic E-state index is 11.5. The number of fused-ring (bicyclic) bond motifs is 1. The van der Waals surface area contributed by atoms with Crippen molar-refractivity contribution in [3.8, 4) is 5.75 Å². The van der Waals surface area contributed by atoms with Crippen LogP contribution in [0.1, 0.15) is 15.9 Å². The molecule has 6 heteroatoms. The Hall–Kier alpha value is -2.53. The number of aromatic nitrogens is 2. The van der Waals surface area contributed by atoms with Crippen LogP contribution in [0.2, 0.25) is 5.02 Å². The lowest BCUT2D eigenvalue weighted by atomic mass is 10.1. The van der Waals surface area contributed by atoms with Crippen LogP contribution in [0.3, 0.4) is 0 Å². The quantitative estimate of drug-likeness (QED) is 0.753. The largest absolute Gasteiger partial charge is 0.508 e. The molecule has 112 valence electrons. The van der Waals surface area contributed by atoms with Crippen LogP contribution in [0, 0.1) is 0 Å². The molecule has 0 saturated carbocycles. The van der Waals surface area contributed by atoms with E-state index in [0.717, 1.165) is 10.9 Å². The van der Waals surface area contributed by atoms with Gasteiger partial charge in [0, 0.05) is 22.2 Å². The molecule has 0 aliphatic carbocycles. The van der Waals surface area contributed by atoms with Gasteiger partial charge in [0.05, 0.1) is 24.7 Å². The predicted molar refractivity (Wildman–Crippen MR) is 83.3 cm³/mol. The zero-order chi connectivity index (χ0) is 15.7. The summed E-state index contributed by atoms with van der Waals surface area (Å²) >= 11 is 5.94. The minimum Gasteiger partial charge on any atom is -0.508 e. The topological polar surface area (TPSA) is 64.3 Å². The second-order valence-corrected chi connectivity index (χ2v) is 5.30. The van der Waals surface area contributed by atoms with Crippen LogP contribution < -0.4 is 0 Å². The summed E-state index contributed by atoms with van der Waals surface area (Å²) in [6.45, 7) is 0.384. The number of esters is 1. The maximum Gasteiger partial charge on any atom is 0.337 e. The molecule has 0 saturated heterocycles. The van der Waals surface area contributed by atoms with Crippen LogP contribution in [0.4, 0.5) is 0 Å². The van der Waals surface area contributed by atoms with Gasteiger partial charge in [0.15, 0.2) is 0 Å². The summed E-state index contributed by atoms with van der Waals surface area (Å²) in [5, 5.41) is 15.7. The summed E-state index contributed by atoms with van der Waals surface area (Å²) in [4.78, 5) is 11.5. The minimum atomic E-state index is -0.387. The first kappa shape index (κ1) is 14.4. The molecule has 0 aliphatic rings. The van der Waals surface area contributed by atoms with Crippen molar-refractivity contribution in [2.75, 3.05) is 7.11 Å². The SMILES string of the molecule is COC(=O)c1ccc2nn(Cc3cc(Cl)ccc3O)cc2c1. The number of benzene rings is 2. The number of hydrogen-bond acceptors (Lipinski definition) is 4. The Balaban J connectivity index is 1.95. The predicted octanol–water partition coefficient (Wildman–Crippen LogP) is 3.23. The average molecular weight is 317 g/mol. The molecule has 5 nitrogen and oxygen atoms in total. The zero-order valence-electron chi connectivity index (χ0n) is 11.8. The molecule has 1 aromatic heterocycles. The van der Waals surface area contributed by atoms with Gasteiger partial charge in [-0.3, -0.25) is 4.68 Å². The Kier molecular flexibility index (Phi) is 3.73. The summed E-state index contributed by atoms with van der Waals surface area (Å²) in [7, 11) is 1.35. The smallest absolute Gasteiger partial charge is 0.337 e. The van der Waals surface area contributed by atoms with Gasteiger partial charge in [0.2, 0.25) is 0 Å². The molecule has 0 unspecified atom stereocenters. The fraction of sp³-hybridized carbons (Fsp3) is 0.125. The van der Waals surface area contributed by atoms with Crippen LogP contribution in [-0.4, -0.2) is 28.0 Å². The summed E-state index contributed by atoms with van der Waals surface area (Å²) in [5.41, 5.74) is 1.91. The van der Waals surface area contributed by atoms with E-state index in [4.69, 9.17) is 16.3 Å². The Morgan fingerprint density at radius 3 is 2.91 bits per heavy atom. The molecule has 3 aromatic rings. The van der Waals surface area contributed by atoms with Crippen molar-refractivity contribution in [2.24, 2.45) is 0 Å². The average Bonchev–Trinajstić information content (AvgIpc) is 2.91. The fourth-order valence-corrected chi connectivity index (χ4v) is 2.45. The van der Waals surface area contributed by atoms with Gasteiger partial charge in [-0.1, -0.05) is 11.6 Å². The van der Waals surface area contributed by atoms with Gasteiger partial charge in [-0.15, -0.1) is 0 Å². The summed E-state index contributed by atoms with van der Waals surface area (Å²) in [6.07, 6.45) is 1.81. The molecule has 22 heavy (non-hydrogen) atoms. The number of rotatable bonds is 3. The number of halogens is 1. The molecule has 1 heterocycles. The molecule has 0 fully saturated rings. The number of hydrogen-bond donors (Lipinski definition) is 1. The van der Waals surface area contributed by atoms with E-state index in [2.05, 4.69) is 5.10 Å². The van der Waals surface area contributed by atoms with E-state index in [1.54, 1.807) is 41.1 Å². The number of methoxy groups -OCH3 is 1. The molecule has 0 atom stereocenters. The molecule has 0 bridgehead atoms. The van der Waals surface area contributed by atoms with Gasteiger partial charge < -0.3 is 9.84 Å². The maximum atomic E-state index is 11.5. The minimum absolute atomic E-state index is 0.166. The first-order valence-electron chi connectivity index (χ1n) is 6.60. The van der Waals surface area contributed by atoms with Crippen molar-refractivity contribution in [1.29, 1.82) is 0 Å². The van der Waals surface area contributed by atoms with Gasteiger partial charge in [0.1, 0.15) is 5.75 Å². The van der Waals surface area contributed by atoms with E-state index in [1.165, 1.54) is 7.11 Å². The Labute approximate surface area is 131 Å². The number of carbonyl (C=O) groups excluding carboxylic acids is 1. The zero-order valence-corrected chi connectivity index (χ0v) is 12.5. The lowest BCUT2D eigenvalue weighted by Crippen LogP contribution is -2.00. The van der Waals surface area contributed by atoms with Gasteiger partial charge in [0.25, 0.3) is 0 Å². The lowest BCUT2D eigenvalue weighted by Gasteiger charge is -2.05. The van der Waals surface area contributed by atoms with Gasteiger partial charge in [-0.2, -0.15) is 5.10 Å². The van der Waals surface area contributed by atoms with E-state index in [1.807, 2.05) is 6.20 Å². The first-order chi connectivity index (χ1) is 10.6. The van der Waals surface area contributed by atoms with Crippen molar-refractivity contribution >= 4 is 28.5 Å². The van der Waals surface area contributed by atoms with E-state index in [9.17, 15) is 9.90 Å². The highest BCUT2D eigenvalue weighted by atomic mass is 35.5. The van der Waals surface area contributed by atoms with E-state index in [-0.39, 0.29) is 11.7 Å². The van der Waals surface area contributed by atoms with Crippen LogP contribution >= 0.6 is 11.6 Å². The van der Waals surface area contributed by atoms with E-state index < -0.39 is 0 Å². The summed E-state index contributed by atoms with van der Waals surface area (Å²) < 4.78 is 6.39. The van der Waals surface area contributed by atoms with Crippen LogP contribution in [0.5, 0.6) is 5.75 Å². The van der Waals surface area contributed by atoms with Gasteiger partial charge in [-0.05, 0) is 36.4 Å². The standard InChI is InChI=1S/C16H13ClN2O3/c1-22-16(21)10-2-4-14-11(6-10)8-19(18-14)9-12-7-13(17)3-5-15(12)20/h2-8,20H,9H2,1H3. The highest BCUT2D eigenvalue weighted by Gasteiger charge is 2.09. The molecule has 0 radical (unpaired) electrons. The van der Waals surface area contributed by atoms with Crippen molar-refractivity contribution in [2.45, 2.75) is 6.54 Å². The second kappa shape index (κ2) is 5.69. The molecular formula is C16H13ClN2O3. The Bertz CT molecular complexity index is 858. The highest BCUT2D eigenvalue weighted by Crippen LogP contribution is 2.23. The molecule has 0 aliphatic heterocycles. The first-order valence-corrected chi connectivity index (χ1v) is 6.97. The van der Waals surface area contributed by atoms with Crippen molar-refractivity contribution in [3.63, 3.8) is 0 Å². The molecular weight excluding hydrogens is 304 g/mol. The number of aromatic hydroxyl groups is 1. The number of nitrogens with zero attached hydrogens (tertiary/aromatic N) is 2. The third-order valence-corrected chi connectivity index (χ3v) is 3.58. The fourth-order valence-electron chi connectivity index (χ4n) is 2.26. The third kappa shape index (κ3) is 2.76. The second-order valence-electron chi connectivity index (χ2n) is 4.86. The van der Waals surface area contributed by atoms with Crippen molar-refractivity contribution in [1.82, 2.24) is 9.78 Å². The van der Waals surface area contributed by atoms with Crippen molar-refractivity contribution < 1.29 is 14.6 Å². The highest BCUT2D eigenvalue weighted by molar-refractivity contribution is 6.30. The Morgan fingerprint density at radius 1 is 1.32 bits per heavy atom. The van der Waals surface area contributed by atoms with Crippen LogP contribution in [-0.2, 0) is 11.3 Å². The van der Waals surface area contributed by atoms with Gasteiger partial charge in [-0.25, -0.2) is 4.79 Å². The van der Waals surface area contributed by atoms with Crippen molar-refractivity contribution in [3.05, 3.63) is 58.7 Å². The summed E-state index contributed by atoms with van der Waals surface area (Å²) in [6, 6.07) is 10.0. The molecule has 2 aromatic carbocycles. The molecule has 1 N–H and O–H groups in total. The number of carbonyl (C=O) groups is 1. The molecule has 0 amide bonds. The number of phenols is 1.